The maximum atomic E-state index is 10.9. The molecule has 0 radical (unpaired) electrons. The van der Waals surface area contributed by atoms with Gasteiger partial charge in [0, 0.05) is 12.5 Å². The highest BCUT2D eigenvalue weighted by molar-refractivity contribution is 5.85. The van der Waals surface area contributed by atoms with Gasteiger partial charge in [0.1, 0.15) is 0 Å². The van der Waals surface area contributed by atoms with Crippen molar-refractivity contribution in [3.8, 4) is 0 Å². The normalized spacial score (nSPS) is 19.1. The van der Waals surface area contributed by atoms with Gasteiger partial charge in [-0.1, -0.05) is 24.4 Å². The first-order valence-corrected chi connectivity index (χ1v) is 5.57. The zero-order chi connectivity index (χ0) is 10.7. The minimum atomic E-state index is -0.487. The van der Waals surface area contributed by atoms with Gasteiger partial charge in [0.25, 0.3) is 0 Å². The summed E-state index contributed by atoms with van der Waals surface area (Å²) in [6.07, 6.45) is 6.17. The molecule has 16 heavy (non-hydrogen) atoms. The molecule has 1 fully saturated rings. The molecule has 1 heterocycles. The molecule has 0 amide bonds. The molecule has 1 saturated carbocycles. The lowest BCUT2D eigenvalue weighted by molar-refractivity contribution is 0.291. The molecule has 1 aliphatic carbocycles. The van der Waals surface area contributed by atoms with Gasteiger partial charge in [0.2, 0.25) is 0 Å². The van der Waals surface area contributed by atoms with E-state index in [-0.39, 0.29) is 18.3 Å². The van der Waals surface area contributed by atoms with Crippen LogP contribution in [0.25, 0.3) is 0 Å². The van der Waals surface area contributed by atoms with Gasteiger partial charge in [-0.05, 0) is 18.8 Å². The van der Waals surface area contributed by atoms with E-state index >= 15 is 0 Å². The van der Waals surface area contributed by atoms with Gasteiger partial charge < -0.3 is 5.73 Å². The quantitative estimate of drug-likeness (QED) is 0.846. The third kappa shape index (κ3) is 2.86. The van der Waals surface area contributed by atoms with Crippen molar-refractivity contribution in [1.29, 1.82) is 0 Å². The first-order valence-electron chi connectivity index (χ1n) is 5.57. The fourth-order valence-corrected chi connectivity index (χ4v) is 2.47. The van der Waals surface area contributed by atoms with Crippen molar-refractivity contribution in [1.82, 2.24) is 10.1 Å². The van der Waals surface area contributed by atoms with Crippen LogP contribution in [0.2, 0.25) is 0 Å². The van der Waals surface area contributed by atoms with Crippen molar-refractivity contribution < 1.29 is 4.52 Å². The summed E-state index contributed by atoms with van der Waals surface area (Å²) in [5, 5.41) is 3.74. The highest BCUT2D eigenvalue weighted by Gasteiger charge is 2.26. The molecule has 1 atom stereocenters. The van der Waals surface area contributed by atoms with Gasteiger partial charge in [-0.2, -0.15) is 0 Å². The molecule has 0 saturated heterocycles. The second kappa shape index (κ2) is 6.06. The van der Waals surface area contributed by atoms with Crippen LogP contribution in [-0.2, 0) is 0 Å². The van der Waals surface area contributed by atoms with Crippen LogP contribution in [0.15, 0.2) is 9.32 Å². The number of nitrogens with two attached hydrogens (primary N) is 1. The topological polar surface area (TPSA) is 84.9 Å². The molecule has 5 nitrogen and oxygen atoms in total. The van der Waals surface area contributed by atoms with E-state index in [0.29, 0.717) is 18.3 Å². The lowest BCUT2D eigenvalue weighted by Gasteiger charge is -2.27. The van der Waals surface area contributed by atoms with Crippen LogP contribution in [0, 0.1) is 5.92 Å². The minimum absolute atomic E-state index is 0. The van der Waals surface area contributed by atoms with Crippen LogP contribution >= 0.6 is 12.4 Å². The van der Waals surface area contributed by atoms with Crippen molar-refractivity contribution in [3.63, 3.8) is 0 Å². The molecular weight excluding hydrogens is 230 g/mol. The lowest BCUT2D eigenvalue weighted by atomic mass is 9.79. The van der Waals surface area contributed by atoms with Crippen LogP contribution < -0.4 is 11.5 Å². The Bertz CT molecular complexity index is 357. The first kappa shape index (κ1) is 13.3. The number of hydrogen-bond acceptors (Lipinski definition) is 4. The maximum absolute atomic E-state index is 10.9. The lowest BCUT2D eigenvalue weighted by Crippen LogP contribution is -2.25. The molecule has 2 rings (SSSR count). The van der Waals surface area contributed by atoms with E-state index in [9.17, 15) is 4.79 Å². The van der Waals surface area contributed by atoms with Gasteiger partial charge in [0.05, 0.1) is 0 Å². The Labute approximate surface area is 100 Å². The van der Waals surface area contributed by atoms with Crippen molar-refractivity contribution in [2.24, 2.45) is 11.7 Å². The summed E-state index contributed by atoms with van der Waals surface area (Å²) in [6.45, 7) is 0.521. The van der Waals surface area contributed by atoms with Crippen molar-refractivity contribution in [3.05, 3.63) is 16.4 Å². The second-order valence-electron chi connectivity index (χ2n) is 4.22. The number of nitrogens with one attached hydrogen (secondary N) is 1. The Morgan fingerprint density at radius 3 is 2.62 bits per heavy atom. The first-order chi connectivity index (χ1) is 7.31. The average Bonchev–Trinajstić information content (AvgIpc) is 2.68. The Kier molecular flexibility index (Phi) is 5.02. The molecule has 92 valence electrons. The maximum Gasteiger partial charge on any atom is 0.438 e. The number of rotatable bonds is 3. The molecule has 1 aromatic heterocycles. The third-order valence-electron chi connectivity index (χ3n) is 3.28. The van der Waals surface area contributed by atoms with E-state index in [0.717, 1.165) is 0 Å². The fraction of sp³-hybridized carbons (Fsp3) is 0.800. The van der Waals surface area contributed by atoms with Gasteiger partial charge in [-0.3, -0.25) is 9.51 Å². The van der Waals surface area contributed by atoms with Crippen LogP contribution in [0.4, 0.5) is 0 Å². The number of nitrogens with zero attached hydrogens (tertiary/aromatic N) is 1. The van der Waals surface area contributed by atoms with Crippen molar-refractivity contribution in [2.45, 2.75) is 38.0 Å². The number of aromatic amines is 1. The zero-order valence-corrected chi connectivity index (χ0v) is 9.96. The van der Waals surface area contributed by atoms with Crippen LogP contribution in [0.3, 0.4) is 0 Å². The van der Waals surface area contributed by atoms with Crippen molar-refractivity contribution in [2.75, 3.05) is 6.54 Å². The number of hydrogen-bond donors (Lipinski definition) is 2. The Morgan fingerprint density at radius 1 is 1.44 bits per heavy atom. The van der Waals surface area contributed by atoms with Crippen LogP contribution in [0.5, 0.6) is 0 Å². The largest absolute Gasteiger partial charge is 0.438 e. The molecule has 1 aromatic rings. The number of H-pyrrole nitrogens is 1. The molecule has 6 heteroatoms. The smallest absolute Gasteiger partial charge is 0.330 e. The predicted octanol–water partition coefficient (Wildman–Crippen LogP) is 1.41. The van der Waals surface area contributed by atoms with Gasteiger partial charge >= 0.3 is 5.76 Å². The number of aromatic nitrogens is 2. The van der Waals surface area contributed by atoms with Gasteiger partial charge in [-0.25, -0.2) is 4.79 Å². The summed E-state index contributed by atoms with van der Waals surface area (Å²) in [6, 6.07) is 0. The molecule has 0 bridgehead atoms. The van der Waals surface area contributed by atoms with E-state index < -0.39 is 5.76 Å². The number of halogens is 1. The summed E-state index contributed by atoms with van der Waals surface area (Å²) in [7, 11) is 0. The summed E-state index contributed by atoms with van der Waals surface area (Å²) < 4.78 is 4.52. The molecule has 0 aliphatic heterocycles. The van der Waals surface area contributed by atoms with E-state index in [1.165, 1.54) is 32.1 Å². The van der Waals surface area contributed by atoms with Gasteiger partial charge in [-0.15, -0.1) is 12.4 Å². The molecule has 1 unspecified atom stereocenters. The molecule has 3 N–H and O–H groups in total. The Morgan fingerprint density at radius 2 is 2.12 bits per heavy atom. The zero-order valence-electron chi connectivity index (χ0n) is 9.15. The molecular formula is C10H18ClN3O2. The summed E-state index contributed by atoms with van der Waals surface area (Å²) in [4.78, 5) is 13.5. The van der Waals surface area contributed by atoms with Gasteiger partial charge in [0.15, 0.2) is 5.82 Å². The van der Waals surface area contributed by atoms with Crippen LogP contribution in [-0.4, -0.2) is 16.7 Å². The highest BCUT2D eigenvalue weighted by Crippen LogP contribution is 2.33. The average molecular weight is 248 g/mol. The van der Waals surface area contributed by atoms with E-state index in [2.05, 4.69) is 14.7 Å². The summed E-state index contributed by atoms with van der Waals surface area (Å²) in [5.41, 5.74) is 5.74. The van der Waals surface area contributed by atoms with E-state index in [1.807, 2.05) is 0 Å². The van der Waals surface area contributed by atoms with E-state index in [1.54, 1.807) is 0 Å². The van der Waals surface area contributed by atoms with Crippen molar-refractivity contribution >= 4 is 12.4 Å². The SMILES string of the molecule is Cl.NCC(c1noc(=O)[nH]1)C1CCCCC1. The summed E-state index contributed by atoms with van der Waals surface area (Å²) >= 11 is 0. The monoisotopic (exact) mass is 247 g/mol. The predicted molar refractivity (Wildman–Crippen MR) is 62.7 cm³/mol. The Hall–Kier alpha value is -0.810. The molecule has 1 aliphatic rings. The standard InChI is InChI=1S/C10H17N3O2.ClH/c11-6-8(7-4-2-1-3-5-7)9-12-10(14)15-13-9;/h7-8H,1-6,11H2,(H,12,13,14);1H. The second-order valence-corrected chi connectivity index (χ2v) is 4.22. The fourth-order valence-electron chi connectivity index (χ4n) is 2.47. The Balaban J connectivity index is 0.00000128. The van der Waals surface area contributed by atoms with Crippen LogP contribution in [0.1, 0.15) is 43.8 Å². The minimum Gasteiger partial charge on any atom is -0.330 e. The summed E-state index contributed by atoms with van der Waals surface area (Å²) in [5.74, 6) is 0.829. The molecule has 0 aromatic carbocycles. The van der Waals surface area contributed by atoms with E-state index in [4.69, 9.17) is 5.73 Å². The third-order valence-corrected chi connectivity index (χ3v) is 3.28. The molecule has 0 spiro atoms. The highest BCUT2D eigenvalue weighted by atomic mass is 35.5.